The van der Waals surface area contributed by atoms with Crippen molar-refractivity contribution in [2.24, 2.45) is 0 Å². The number of nitrogens with zero attached hydrogens (tertiary/aromatic N) is 3. The second kappa shape index (κ2) is 5.94. The summed E-state index contributed by atoms with van der Waals surface area (Å²) in [7, 11) is 0. The van der Waals surface area contributed by atoms with Crippen LogP contribution in [-0.4, -0.2) is 9.36 Å². The SMILES string of the molecule is CCc1nsc(SCc2cccc(C#N)c2F)n1. The highest BCUT2D eigenvalue weighted by atomic mass is 32.2. The molecule has 0 atom stereocenters. The van der Waals surface area contributed by atoms with E-state index < -0.39 is 5.82 Å². The molecule has 0 bridgehead atoms. The van der Waals surface area contributed by atoms with Crippen LogP contribution in [0.2, 0.25) is 0 Å². The molecular formula is C12H10FN3S2. The third kappa shape index (κ3) is 2.86. The van der Waals surface area contributed by atoms with Gasteiger partial charge in [-0.1, -0.05) is 30.8 Å². The highest BCUT2D eigenvalue weighted by molar-refractivity contribution is 8.00. The summed E-state index contributed by atoms with van der Waals surface area (Å²) in [6.45, 7) is 1.99. The molecule has 0 amide bonds. The third-order valence-corrected chi connectivity index (χ3v) is 4.24. The van der Waals surface area contributed by atoms with Gasteiger partial charge in [0.1, 0.15) is 17.7 Å². The molecule has 18 heavy (non-hydrogen) atoms. The number of nitriles is 1. The minimum atomic E-state index is -0.437. The Kier molecular flexibility index (Phi) is 4.28. The highest BCUT2D eigenvalue weighted by Crippen LogP contribution is 2.26. The minimum Gasteiger partial charge on any atom is -0.213 e. The molecule has 1 heterocycles. The van der Waals surface area contributed by atoms with Crippen molar-refractivity contribution in [1.29, 1.82) is 5.26 Å². The van der Waals surface area contributed by atoms with Crippen molar-refractivity contribution in [3.8, 4) is 6.07 Å². The van der Waals surface area contributed by atoms with Gasteiger partial charge in [0, 0.05) is 12.2 Å². The quantitative estimate of drug-likeness (QED) is 0.805. The Morgan fingerprint density at radius 2 is 2.33 bits per heavy atom. The van der Waals surface area contributed by atoms with Crippen molar-refractivity contribution in [2.45, 2.75) is 23.4 Å². The average molecular weight is 279 g/mol. The van der Waals surface area contributed by atoms with Gasteiger partial charge >= 0.3 is 0 Å². The summed E-state index contributed by atoms with van der Waals surface area (Å²) in [5.41, 5.74) is 0.604. The van der Waals surface area contributed by atoms with E-state index in [1.165, 1.54) is 29.4 Å². The zero-order valence-electron chi connectivity index (χ0n) is 9.68. The summed E-state index contributed by atoms with van der Waals surface area (Å²) in [4.78, 5) is 4.30. The van der Waals surface area contributed by atoms with Gasteiger partial charge in [-0.15, -0.1) is 0 Å². The first kappa shape index (κ1) is 13.0. The van der Waals surface area contributed by atoms with Gasteiger partial charge in [-0.3, -0.25) is 0 Å². The van der Waals surface area contributed by atoms with Crippen LogP contribution >= 0.6 is 23.3 Å². The Balaban J connectivity index is 2.09. The fraction of sp³-hybridized carbons (Fsp3) is 0.250. The lowest BCUT2D eigenvalue weighted by Crippen LogP contribution is -1.91. The fourth-order valence-corrected chi connectivity index (χ4v) is 3.03. The number of halogens is 1. The summed E-state index contributed by atoms with van der Waals surface area (Å²) in [5, 5.41) is 8.75. The van der Waals surface area contributed by atoms with Crippen LogP contribution in [0.3, 0.4) is 0 Å². The molecule has 0 radical (unpaired) electrons. The monoisotopic (exact) mass is 279 g/mol. The Morgan fingerprint density at radius 3 is 3.00 bits per heavy atom. The Labute approximate surface area is 113 Å². The number of aryl methyl sites for hydroxylation is 1. The lowest BCUT2D eigenvalue weighted by atomic mass is 10.1. The van der Waals surface area contributed by atoms with Crippen LogP contribution in [0.1, 0.15) is 23.9 Å². The predicted octanol–water partition coefficient (Wildman–Crippen LogP) is 3.40. The van der Waals surface area contributed by atoms with Crippen LogP contribution in [0.15, 0.2) is 22.5 Å². The van der Waals surface area contributed by atoms with Crippen LogP contribution < -0.4 is 0 Å². The van der Waals surface area contributed by atoms with Gasteiger partial charge < -0.3 is 0 Å². The number of aromatic nitrogens is 2. The predicted molar refractivity (Wildman–Crippen MR) is 70.0 cm³/mol. The molecule has 1 aromatic heterocycles. The highest BCUT2D eigenvalue weighted by Gasteiger charge is 2.09. The van der Waals surface area contributed by atoms with Crippen LogP contribution in [-0.2, 0) is 12.2 Å². The standard InChI is InChI=1S/C12H10FN3S2/c1-2-10-15-12(18-16-10)17-7-9-5-3-4-8(6-14)11(9)13/h3-5H,2,7H2,1H3. The lowest BCUT2D eigenvalue weighted by Gasteiger charge is -2.01. The van der Waals surface area contributed by atoms with E-state index in [2.05, 4.69) is 9.36 Å². The fourth-order valence-electron chi connectivity index (χ4n) is 1.36. The summed E-state index contributed by atoms with van der Waals surface area (Å²) < 4.78 is 18.8. The van der Waals surface area contributed by atoms with E-state index in [1.807, 2.05) is 13.0 Å². The molecule has 0 unspecified atom stereocenters. The molecule has 0 fully saturated rings. The van der Waals surface area contributed by atoms with Gasteiger partial charge in [0.15, 0.2) is 4.34 Å². The molecule has 0 N–H and O–H groups in total. The third-order valence-electron chi connectivity index (χ3n) is 2.32. The van der Waals surface area contributed by atoms with Gasteiger partial charge in [0.05, 0.1) is 5.56 Å². The second-order valence-corrected chi connectivity index (χ2v) is 5.48. The topological polar surface area (TPSA) is 49.6 Å². The second-order valence-electron chi connectivity index (χ2n) is 3.51. The molecule has 6 heteroatoms. The van der Waals surface area contributed by atoms with Crippen molar-refractivity contribution in [3.05, 3.63) is 41.0 Å². The molecule has 0 saturated carbocycles. The van der Waals surface area contributed by atoms with Gasteiger partial charge in [-0.25, -0.2) is 9.37 Å². The van der Waals surface area contributed by atoms with Gasteiger partial charge in [0.2, 0.25) is 0 Å². The Bertz CT molecular complexity index is 589. The van der Waals surface area contributed by atoms with E-state index in [1.54, 1.807) is 12.1 Å². The van der Waals surface area contributed by atoms with E-state index in [9.17, 15) is 4.39 Å². The summed E-state index contributed by atoms with van der Waals surface area (Å²) in [5.74, 6) is 0.834. The first-order valence-corrected chi connectivity index (χ1v) is 7.13. The number of rotatable bonds is 4. The first-order valence-electron chi connectivity index (χ1n) is 5.37. The molecule has 2 aromatic rings. The van der Waals surface area contributed by atoms with Gasteiger partial charge in [-0.05, 0) is 23.2 Å². The van der Waals surface area contributed by atoms with E-state index >= 15 is 0 Å². The average Bonchev–Trinajstić information content (AvgIpc) is 2.85. The smallest absolute Gasteiger partial charge is 0.170 e. The number of benzene rings is 1. The number of hydrogen-bond acceptors (Lipinski definition) is 5. The summed E-state index contributed by atoms with van der Waals surface area (Å²) >= 11 is 2.76. The van der Waals surface area contributed by atoms with Crippen LogP contribution in [0.4, 0.5) is 4.39 Å². The van der Waals surface area contributed by atoms with E-state index in [-0.39, 0.29) is 5.56 Å². The Hall–Kier alpha value is -1.45. The molecule has 0 spiro atoms. The maximum atomic E-state index is 13.8. The van der Waals surface area contributed by atoms with E-state index in [0.29, 0.717) is 11.3 Å². The Morgan fingerprint density at radius 1 is 1.50 bits per heavy atom. The first-order chi connectivity index (χ1) is 8.74. The molecule has 3 nitrogen and oxygen atoms in total. The normalized spacial score (nSPS) is 10.3. The molecule has 2 rings (SSSR count). The van der Waals surface area contributed by atoms with Crippen LogP contribution in [0, 0.1) is 17.1 Å². The zero-order chi connectivity index (χ0) is 13.0. The number of hydrogen-bond donors (Lipinski definition) is 0. The van der Waals surface area contributed by atoms with Crippen molar-refractivity contribution in [2.75, 3.05) is 0 Å². The summed E-state index contributed by atoms with van der Waals surface area (Å²) in [6.07, 6.45) is 0.801. The van der Waals surface area contributed by atoms with E-state index in [0.717, 1.165) is 16.6 Å². The molecule has 1 aromatic carbocycles. The maximum Gasteiger partial charge on any atom is 0.170 e. The number of thioether (sulfide) groups is 1. The molecule has 0 aliphatic rings. The van der Waals surface area contributed by atoms with Crippen molar-refractivity contribution >= 4 is 23.3 Å². The van der Waals surface area contributed by atoms with E-state index in [4.69, 9.17) is 5.26 Å². The maximum absolute atomic E-state index is 13.8. The lowest BCUT2D eigenvalue weighted by molar-refractivity contribution is 0.613. The molecule has 0 aliphatic carbocycles. The molecule has 92 valence electrons. The minimum absolute atomic E-state index is 0.0830. The van der Waals surface area contributed by atoms with Gasteiger partial charge in [0.25, 0.3) is 0 Å². The van der Waals surface area contributed by atoms with Crippen molar-refractivity contribution in [3.63, 3.8) is 0 Å². The summed E-state index contributed by atoms with van der Waals surface area (Å²) in [6, 6.07) is 6.69. The molecular weight excluding hydrogens is 269 g/mol. The van der Waals surface area contributed by atoms with Crippen LogP contribution in [0.5, 0.6) is 0 Å². The van der Waals surface area contributed by atoms with Crippen molar-refractivity contribution < 1.29 is 4.39 Å². The van der Waals surface area contributed by atoms with Crippen LogP contribution in [0.25, 0.3) is 0 Å². The molecule has 0 saturated heterocycles. The largest absolute Gasteiger partial charge is 0.213 e. The van der Waals surface area contributed by atoms with Gasteiger partial charge in [-0.2, -0.15) is 9.64 Å². The van der Waals surface area contributed by atoms with Crippen molar-refractivity contribution in [1.82, 2.24) is 9.36 Å². The zero-order valence-corrected chi connectivity index (χ0v) is 11.3. The molecule has 0 aliphatic heterocycles.